The summed E-state index contributed by atoms with van der Waals surface area (Å²) in [4.78, 5) is 22.5. The van der Waals surface area contributed by atoms with Crippen molar-refractivity contribution >= 4 is 11.9 Å². The summed E-state index contributed by atoms with van der Waals surface area (Å²) in [6.07, 6.45) is 6.10. The first-order valence-corrected chi connectivity index (χ1v) is 5.78. The Morgan fingerprint density at radius 1 is 1.38 bits per heavy atom. The average Bonchev–Trinajstić information content (AvgIpc) is 2.27. The summed E-state index contributed by atoms with van der Waals surface area (Å²) in [5.74, 6) is -1.28. The van der Waals surface area contributed by atoms with Crippen molar-refractivity contribution in [3.63, 3.8) is 0 Å². The molecule has 1 rings (SSSR count). The van der Waals surface area contributed by atoms with Crippen LogP contribution in [0.1, 0.15) is 38.5 Å². The van der Waals surface area contributed by atoms with Gasteiger partial charge in [-0.1, -0.05) is 18.9 Å². The molecule has 0 bridgehead atoms. The first-order valence-electron chi connectivity index (χ1n) is 5.78. The molecule has 2 unspecified atom stereocenters. The van der Waals surface area contributed by atoms with E-state index in [2.05, 4.69) is 11.9 Å². The lowest BCUT2D eigenvalue weighted by Crippen LogP contribution is -2.45. The van der Waals surface area contributed by atoms with Crippen LogP contribution in [0.25, 0.3) is 0 Å². The normalized spacial score (nSPS) is 24.8. The van der Waals surface area contributed by atoms with Crippen LogP contribution >= 0.6 is 0 Å². The third-order valence-electron chi connectivity index (χ3n) is 3.01. The van der Waals surface area contributed by atoms with Gasteiger partial charge >= 0.3 is 5.97 Å². The quantitative estimate of drug-likeness (QED) is 0.700. The lowest BCUT2D eigenvalue weighted by Gasteiger charge is -2.29. The minimum Gasteiger partial charge on any atom is -0.481 e. The highest BCUT2D eigenvalue weighted by molar-refractivity contribution is 5.78. The van der Waals surface area contributed by atoms with Crippen LogP contribution in [-0.2, 0) is 9.59 Å². The fraction of sp³-hybridized carbons (Fsp3) is 0.667. The molecule has 1 saturated carbocycles. The molecule has 0 aromatic heterocycles. The second-order valence-corrected chi connectivity index (χ2v) is 4.23. The number of aliphatic carboxylic acids is 1. The van der Waals surface area contributed by atoms with Gasteiger partial charge in [0.2, 0.25) is 5.91 Å². The Kier molecular flexibility index (Phi) is 5.02. The summed E-state index contributed by atoms with van der Waals surface area (Å²) in [7, 11) is 0. The average molecular weight is 225 g/mol. The second kappa shape index (κ2) is 6.30. The van der Waals surface area contributed by atoms with Crippen LogP contribution in [0.15, 0.2) is 12.7 Å². The van der Waals surface area contributed by atoms with E-state index in [1.165, 1.54) is 0 Å². The fourth-order valence-corrected chi connectivity index (χ4v) is 2.11. The first-order chi connectivity index (χ1) is 7.65. The van der Waals surface area contributed by atoms with E-state index in [1.807, 2.05) is 0 Å². The second-order valence-electron chi connectivity index (χ2n) is 4.23. The molecule has 90 valence electrons. The van der Waals surface area contributed by atoms with Crippen LogP contribution < -0.4 is 5.32 Å². The molecule has 1 amide bonds. The summed E-state index contributed by atoms with van der Waals surface area (Å²) >= 11 is 0. The van der Waals surface area contributed by atoms with Gasteiger partial charge in [-0.2, -0.15) is 0 Å². The van der Waals surface area contributed by atoms with E-state index >= 15 is 0 Å². The predicted molar refractivity (Wildman–Crippen MR) is 61.0 cm³/mol. The number of hydrogen-bond acceptors (Lipinski definition) is 2. The highest BCUT2D eigenvalue weighted by Gasteiger charge is 2.31. The van der Waals surface area contributed by atoms with E-state index in [0.29, 0.717) is 19.3 Å². The van der Waals surface area contributed by atoms with Gasteiger partial charge < -0.3 is 10.4 Å². The molecule has 0 aromatic carbocycles. The van der Waals surface area contributed by atoms with Crippen molar-refractivity contribution < 1.29 is 14.7 Å². The number of allylic oxidation sites excluding steroid dienone is 1. The van der Waals surface area contributed by atoms with E-state index in [9.17, 15) is 9.59 Å². The minimum atomic E-state index is -0.797. The molecule has 16 heavy (non-hydrogen) atoms. The van der Waals surface area contributed by atoms with Crippen LogP contribution in [0.5, 0.6) is 0 Å². The Hall–Kier alpha value is -1.32. The number of carbonyl (C=O) groups is 2. The maximum Gasteiger partial charge on any atom is 0.308 e. The van der Waals surface area contributed by atoms with Crippen molar-refractivity contribution in [1.29, 1.82) is 0 Å². The maximum atomic E-state index is 11.5. The molecule has 4 heteroatoms. The van der Waals surface area contributed by atoms with Gasteiger partial charge in [0.1, 0.15) is 0 Å². The fourth-order valence-electron chi connectivity index (χ4n) is 2.11. The van der Waals surface area contributed by atoms with Crippen molar-refractivity contribution in [3.05, 3.63) is 12.7 Å². The monoisotopic (exact) mass is 225 g/mol. The molecular weight excluding hydrogens is 206 g/mol. The number of rotatable bonds is 5. The summed E-state index contributed by atoms with van der Waals surface area (Å²) < 4.78 is 0. The lowest BCUT2D eigenvalue weighted by atomic mass is 9.84. The molecule has 0 aromatic rings. The third kappa shape index (κ3) is 3.68. The number of nitrogens with one attached hydrogen (secondary N) is 1. The summed E-state index contributed by atoms with van der Waals surface area (Å²) in [6.45, 7) is 3.55. The number of amides is 1. The molecular formula is C12H19NO3. The molecule has 0 heterocycles. The van der Waals surface area contributed by atoms with Gasteiger partial charge in [-0.25, -0.2) is 0 Å². The molecule has 0 saturated heterocycles. The van der Waals surface area contributed by atoms with Crippen molar-refractivity contribution in [1.82, 2.24) is 5.32 Å². The number of hydrogen-bond donors (Lipinski definition) is 2. The Labute approximate surface area is 95.7 Å². The number of carboxylic acids is 1. The zero-order valence-electron chi connectivity index (χ0n) is 9.45. The first kappa shape index (κ1) is 12.7. The van der Waals surface area contributed by atoms with E-state index in [4.69, 9.17) is 5.11 Å². The van der Waals surface area contributed by atoms with Gasteiger partial charge in [0.25, 0.3) is 0 Å². The molecule has 1 aliphatic rings. The van der Waals surface area contributed by atoms with Gasteiger partial charge in [0, 0.05) is 12.5 Å². The van der Waals surface area contributed by atoms with Crippen LogP contribution in [-0.4, -0.2) is 23.0 Å². The van der Waals surface area contributed by atoms with Crippen LogP contribution in [0.4, 0.5) is 0 Å². The standard InChI is InChI=1S/C12H19NO3/c1-2-3-8-11(14)13-10-7-5-4-6-9(10)12(15)16/h2,9-10H,1,3-8H2,(H,13,14)(H,15,16). The molecule has 0 aliphatic heterocycles. The third-order valence-corrected chi connectivity index (χ3v) is 3.01. The molecule has 0 spiro atoms. The Bertz CT molecular complexity index is 275. The van der Waals surface area contributed by atoms with Gasteiger partial charge in [-0.3, -0.25) is 9.59 Å². The van der Waals surface area contributed by atoms with Crippen molar-refractivity contribution in [2.75, 3.05) is 0 Å². The van der Waals surface area contributed by atoms with Crippen molar-refractivity contribution in [2.24, 2.45) is 5.92 Å². The Morgan fingerprint density at radius 3 is 2.69 bits per heavy atom. The highest BCUT2D eigenvalue weighted by atomic mass is 16.4. The molecule has 1 aliphatic carbocycles. The molecule has 1 fully saturated rings. The van der Waals surface area contributed by atoms with E-state index in [-0.39, 0.29) is 11.9 Å². The molecule has 4 nitrogen and oxygen atoms in total. The summed E-state index contributed by atoms with van der Waals surface area (Å²) in [5.41, 5.74) is 0. The van der Waals surface area contributed by atoms with Gasteiger partial charge in [-0.15, -0.1) is 6.58 Å². The summed E-state index contributed by atoms with van der Waals surface area (Å²) in [5, 5.41) is 11.8. The van der Waals surface area contributed by atoms with Crippen LogP contribution in [0.3, 0.4) is 0 Å². The zero-order chi connectivity index (χ0) is 12.0. The minimum absolute atomic E-state index is 0.0713. The maximum absolute atomic E-state index is 11.5. The molecule has 2 atom stereocenters. The Balaban J connectivity index is 2.46. The van der Waals surface area contributed by atoms with Gasteiger partial charge in [0.15, 0.2) is 0 Å². The zero-order valence-corrected chi connectivity index (χ0v) is 9.45. The molecule has 0 radical (unpaired) electrons. The van der Waals surface area contributed by atoms with Crippen LogP contribution in [0.2, 0.25) is 0 Å². The van der Waals surface area contributed by atoms with Crippen LogP contribution in [0, 0.1) is 5.92 Å². The predicted octanol–water partition coefficient (Wildman–Crippen LogP) is 1.71. The van der Waals surface area contributed by atoms with Crippen molar-refractivity contribution in [2.45, 2.75) is 44.6 Å². The Morgan fingerprint density at radius 2 is 2.06 bits per heavy atom. The summed E-state index contributed by atoms with van der Waals surface area (Å²) in [6, 6.07) is -0.191. The topological polar surface area (TPSA) is 66.4 Å². The van der Waals surface area contributed by atoms with Crippen molar-refractivity contribution in [3.8, 4) is 0 Å². The highest BCUT2D eigenvalue weighted by Crippen LogP contribution is 2.24. The van der Waals surface area contributed by atoms with E-state index < -0.39 is 11.9 Å². The van der Waals surface area contributed by atoms with E-state index in [0.717, 1.165) is 19.3 Å². The largest absolute Gasteiger partial charge is 0.481 e. The van der Waals surface area contributed by atoms with Gasteiger partial charge in [-0.05, 0) is 19.3 Å². The van der Waals surface area contributed by atoms with E-state index in [1.54, 1.807) is 6.08 Å². The smallest absolute Gasteiger partial charge is 0.308 e. The number of carbonyl (C=O) groups excluding carboxylic acids is 1. The lowest BCUT2D eigenvalue weighted by molar-refractivity contribution is -0.144. The van der Waals surface area contributed by atoms with Gasteiger partial charge in [0.05, 0.1) is 5.92 Å². The number of carboxylic acid groups (broad SMARTS) is 1. The molecule has 2 N–H and O–H groups in total. The SMILES string of the molecule is C=CCCC(=O)NC1CCCCC1C(=O)O.